The molecule has 2 N–H and O–H groups in total. The summed E-state index contributed by atoms with van der Waals surface area (Å²) in [6.45, 7) is 8.61. The molecular weight excluding hydrogens is 234 g/mol. The Morgan fingerprint density at radius 3 is 2.83 bits per heavy atom. The van der Waals surface area contributed by atoms with Gasteiger partial charge in [-0.15, -0.1) is 0 Å². The fourth-order valence-corrected chi connectivity index (χ4v) is 1.30. The molecule has 1 amide bonds. The largest absolute Gasteiger partial charge is 0.447 e. The summed E-state index contributed by atoms with van der Waals surface area (Å²) in [4.78, 5) is 15.3. The number of rotatable bonds is 5. The van der Waals surface area contributed by atoms with Gasteiger partial charge in [-0.25, -0.2) is 9.78 Å². The third kappa shape index (κ3) is 6.24. The molecule has 1 aromatic heterocycles. The van der Waals surface area contributed by atoms with Crippen LogP contribution in [0.25, 0.3) is 0 Å². The molecule has 1 atom stereocenters. The van der Waals surface area contributed by atoms with Gasteiger partial charge in [-0.05, 0) is 27.7 Å². The highest BCUT2D eigenvalue weighted by Crippen LogP contribution is 2.06. The lowest BCUT2D eigenvalue weighted by Gasteiger charge is -2.22. The summed E-state index contributed by atoms with van der Waals surface area (Å²) in [7, 11) is 0. The second-order valence-electron chi connectivity index (χ2n) is 5.15. The Balaban J connectivity index is 2.17. The Kier molecular flexibility index (Phi) is 5.15. The van der Waals surface area contributed by atoms with E-state index in [1.54, 1.807) is 6.20 Å². The van der Waals surface area contributed by atoms with Gasteiger partial charge >= 0.3 is 6.09 Å². The molecule has 1 aromatic rings. The lowest BCUT2D eigenvalue weighted by Crippen LogP contribution is -2.42. The number of hydrogen-bond donors (Lipinski definition) is 2. The Morgan fingerprint density at radius 1 is 1.56 bits per heavy atom. The molecule has 102 valence electrons. The van der Waals surface area contributed by atoms with Crippen LogP contribution in [0.4, 0.5) is 4.79 Å². The highest BCUT2D eigenvalue weighted by atomic mass is 16.6. The number of amides is 1. The van der Waals surface area contributed by atoms with Crippen LogP contribution in [-0.2, 0) is 11.3 Å². The van der Waals surface area contributed by atoms with Gasteiger partial charge in [0.25, 0.3) is 0 Å². The number of alkyl carbamates (subject to hydrolysis) is 1. The number of nitrogens with zero attached hydrogens (tertiary/aromatic N) is 1. The van der Waals surface area contributed by atoms with Gasteiger partial charge < -0.3 is 19.8 Å². The normalized spacial score (nSPS) is 13.1. The Hall–Kier alpha value is -1.56. The van der Waals surface area contributed by atoms with E-state index < -0.39 is 11.7 Å². The summed E-state index contributed by atoms with van der Waals surface area (Å²) in [5.74, 6) is 0.763. The van der Waals surface area contributed by atoms with Crippen LogP contribution >= 0.6 is 0 Å². The van der Waals surface area contributed by atoms with Crippen LogP contribution in [-0.4, -0.2) is 29.3 Å². The maximum absolute atomic E-state index is 11.5. The second kappa shape index (κ2) is 6.39. The quantitative estimate of drug-likeness (QED) is 0.837. The van der Waals surface area contributed by atoms with Gasteiger partial charge in [-0.2, -0.15) is 0 Å². The van der Waals surface area contributed by atoms with Gasteiger partial charge in [0.1, 0.15) is 11.4 Å². The summed E-state index contributed by atoms with van der Waals surface area (Å²) in [6, 6.07) is -0.0252. The molecule has 0 aliphatic heterocycles. The molecule has 18 heavy (non-hydrogen) atoms. The lowest BCUT2D eigenvalue weighted by molar-refractivity contribution is 0.0508. The van der Waals surface area contributed by atoms with Gasteiger partial charge in [0, 0.05) is 12.6 Å². The van der Waals surface area contributed by atoms with Gasteiger partial charge in [-0.1, -0.05) is 0 Å². The first-order valence-corrected chi connectivity index (χ1v) is 5.94. The van der Waals surface area contributed by atoms with Crippen molar-refractivity contribution < 1.29 is 13.9 Å². The van der Waals surface area contributed by atoms with E-state index in [0.717, 1.165) is 5.76 Å². The Bertz CT molecular complexity index is 357. The summed E-state index contributed by atoms with van der Waals surface area (Å²) in [5.41, 5.74) is -0.475. The van der Waals surface area contributed by atoms with Crippen LogP contribution < -0.4 is 10.6 Å². The zero-order valence-electron chi connectivity index (χ0n) is 11.3. The van der Waals surface area contributed by atoms with Crippen molar-refractivity contribution in [2.24, 2.45) is 0 Å². The van der Waals surface area contributed by atoms with Crippen molar-refractivity contribution in [3.8, 4) is 0 Å². The molecule has 0 saturated heterocycles. The maximum Gasteiger partial charge on any atom is 0.407 e. The van der Waals surface area contributed by atoms with Crippen LogP contribution in [0.3, 0.4) is 0 Å². The number of aromatic nitrogens is 1. The standard InChI is InChI=1S/C12H21N3O3/c1-9(15-11(16)18-12(2,3)4)5-13-6-10-7-14-8-17-10/h7-9,13H,5-6H2,1-4H3,(H,15,16). The number of carbonyl (C=O) groups excluding carboxylic acids is 1. The van der Waals surface area contributed by atoms with E-state index >= 15 is 0 Å². The van der Waals surface area contributed by atoms with Crippen molar-refractivity contribution >= 4 is 6.09 Å². The van der Waals surface area contributed by atoms with Crippen LogP contribution in [0.5, 0.6) is 0 Å². The number of ether oxygens (including phenoxy) is 1. The van der Waals surface area contributed by atoms with Crippen molar-refractivity contribution in [1.29, 1.82) is 0 Å². The number of carbonyl (C=O) groups is 1. The molecule has 1 heterocycles. The van der Waals surface area contributed by atoms with E-state index in [4.69, 9.17) is 9.15 Å². The topological polar surface area (TPSA) is 76.4 Å². The molecule has 0 spiro atoms. The van der Waals surface area contributed by atoms with Gasteiger partial charge in [-0.3, -0.25) is 0 Å². The zero-order chi connectivity index (χ0) is 13.6. The third-order valence-corrected chi connectivity index (χ3v) is 2.00. The first-order chi connectivity index (χ1) is 8.37. The summed E-state index contributed by atoms with van der Waals surface area (Å²) >= 11 is 0. The Morgan fingerprint density at radius 2 is 2.28 bits per heavy atom. The predicted molar refractivity (Wildman–Crippen MR) is 67.0 cm³/mol. The van der Waals surface area contributed by atoms with Crippen LogP contribution in [0.1, 0.15) is 33.5 Å². The Labute approximate surface area is 107 Å². The molecule has 0 saturated carbocycles. The van der Waals surface area contributed by atoms with Gasteiger partial charge in [0.2, 0.25) is 0 Å². The van der Waals surface area contributed by atoms with Gasteiger partial charge in [0.15, 0.2) is 6.39 Å². The molecule has 0 aromatic carbocycles. The molecule has 0 fully saturated rings. The molecule has 0 aliphatic rings. The van der Waals surface area contributed by atoms with E-state index in [9.17, 15) is 4.79 Å². The fraction of sp³-hybridized carbons (Fsp3) is 0.667. The van der Waals surface area contributed by atoms with Crippen molar-refractivity contribution in [1.82, 2.24) is 15.6 Å². The van der Waals surface area contributed by atoms with Crippen LogP contribution in [0, 0.1) is 0 Å². The molecule has 6 nitrogen and oxygen atoms in total. The zero-order valence-corrected chi connectivity index (χ0v) is 11.3. The smallest absolute Gasteiger partial charge is 0.407 e. The summed E-state index contributed by atoms with van der Waals surface area (Å²) in [6.07, 6.45) is 2.63. The maximum atomic E-state index is 11.5. The predicted octanol–water partition coefficient (Wildman–Crippen LogP) is 1.68. The average Bonchev–Trinajstić information content (AvgIpc) is 2.66. The highest BCUT2D eigenvalue weighted by Gasteiger charge is 2.17. The van der Waals surface area contributed by atoms with Gasteiger partial charge in [0.05, 0.1) is 12.7 Å². The van der Waals surface area contributed by atoms with E-state index in [-0.39, 0.29) is 6.04 Å². The van der Waals surface area contributed by atoms with Crippen LogP contribution in [0.2, 0.25) is 0 Å². The summed E-state index contributed by atoms with van der Waals surface area (Å²) < 4.78 is 10.2. The van der Waals surface area contributed by atoms with Crippen LogP contribution in [0.15, 0.2) is 17.0 Å². The minimum absolute atomic E-state index is 0.0252. The molecule has 0 aliphatic carbocycles. The van der Waals surface area contributed by atoms with E-state index in [2.05, 4.69) is 15.6 Å². The average molecular weight is 255 g/mol. The highest BCUT2D eigenvalue weighted by molar-refractivity contribution is 5.68. The molecule has 0 radical (unpaired) electrons. The third-order valence-electron chi connectivity index (χ3n) is 2.00. The molecule has 0 bridgehead atoms. The lowest BCUT2D eigenvalue weighted by atomic mass is 10.2. The minimum atomic E-state index is -0.475. The summed E-state index contributed by atoms with van der Waals surface area (Å²) in [5, 5.41) is 5.90. The van der Waals surface area contributed by atoms with E-state index in [0.29, 0.717) is 13.1 Å². The fourth-order valence-electron chi connectivity index (χ4n) is 1.30. The van der Waals surface area contributed by atoms with Crippen molar-refractivity contribution in [2.75, 3.05) is 6.54 Å². The molecule has 6 heteroatoms. The SMILES string of the molecule is CC(CNCc1cnco1)NC(=O)OC(C)(C)C. The number of hydrogen-bond acceptors (Lipinski definition) is 5. The molecule has 1 rings (SSSR count). The van der Waals surface area contributed by atoms with Crippen molar-refractivity contribution in [3.05, 3.63) is 18.4 Å². The number of oxazole rings is 1. The molecular formula is C12H21N3O3. The molecule has 1 unspecified atom stereocenters. The second-order valence-corrected chi connectivity index (χ2v) is 5.15. The van der Waals surface area contributed by atoms with Crippen molar-refractivity contribution in [2.45, 2.75) is 45.9 Å². The van der Waals surface area contributed by atoms with Crippen molar-refractivity contribution in [3.63, 3.8) is 0 Å². The number of nitrogens with one attached hydrogen (secondary N) is 2. The van der Waals surface area contributed by atoms with E-state index in [1.807, 2.05) is 27.7 Å². The first kappa shape index (κ1) is 14.5. The minimum Gasteiger partial charge on any atom is -0.447 e. The van der Waals surface area contributed by atoms with E-state index in [1.165, 1.54) is 6.39 Å². The monoisotopic (exact) mass is 255 g/mol. The first-order valence-electron chi connectivity index (χ1n) is 5.94.